The molecule has 113 heavy (non-hydrogen) atoms. The zero-order chi connectivity index (χ0) is 82.6. The van der Waals surface area contributed by atoms with E-state index in [4.69, 9.17) is 32.3 Å². The molecule has 4 N–H and O–H groups in total. The Morgan fingerprint density at radius 3 is 1.23 bits per heavy atom. The minimum atomic E-state index is -1.01. The summed E-state index contributed by atoms with van der Waals surface area (Å²) in [5.41, 5.74) is 13.9. The van der Waals surface area contributed by atoms with Gasteiger partial charge in [-0.1, -0.05) is 55.5 Å². The summed E-state index contributed by atoms with van der Waals surface area (Å²) < 4.78 is 79.0. The van der Waals surface area contributed by atoms with Crippen LogP contribution in [0.5, 0.6) is 0 Å². The molecule has 0 unspecified atom stereocenters. The van der Waals surface area contributed by atoms with E-state index < -0.39 is 28.2 Å². The minimum Gasteiger partial charge on any atom is -0.384 e. The Morgan fingerprint density at radius 1 is 0.496 bits per heavy atom. The van der Waals surface area contributed by atoms with Crippen molar-refractivity contribution in [1.82, 2.24) is 19.9 Å². The first-order valence-electron chi connectivity index (χ1n) is 36.9. The van der Waals surface area contributed by atoms with Gasteiger partial charge in [0, 0.05) is 120 Å². The van der Waals surface area contributed by atoms with E-state index in [1.807, 2.05) is 102 Å². The van der Waals surface area contributed by atoms with Crippen LogP contribution < -0.4 is 30.8 Å². The topological polar surface area (TPSA) is 240 Å². The van der Waals surface area contributed by atoms with Gasteiger partial charge in [0.1, 0.15) is 42.3 Å². The summed E-state index contributed by atoms with van der Waals surface area (Å²) >= 11 is 6.87. The second-order valence-electron chi connectivity index (χ2n) is 29.5. The maximum Gasteiger partial charge on any atom is 0.142 e. The number of amides is 3. The summed E-state index contributed by atoms with van der Waals surface area (Å²) in [4.78, 5) is 64.4. The van der Waals surface area contributed by atoms with Crippen molar-refractivity contribution in [1.29, 1.82) is 0 Å². The number of halogens is 6. The van der Waals surface area contributed by atoms with Crippen molar-refractivity contribution >= 4 is 106 Å². The van der Waals surface area contributed by atoms with Crippen LogP contribution in [0.3, 0.4) is 0 Å². The van der Waals surface area contributed by atoms with Gasteiger partial charge < -0.3 is 40.0 Å². The molecule has 0 saturated carbocycles. The van der Waals surface area contributed by atoms with E-state index in [0.29, 0.717) is 25.7 Å². The number of anilines is 5. The van der Waals surface area contributed by atoms with E-state index in [0.717, 1.165) is 137 Å². The van der Waals surface area contributed by atoms with E-state index in [-0.39, 0.29) is 42.1 Å². The van der Waals surface area contributed by atoms with Gasteiger partial charge in [-0.15, -0.1) is 0 Å². The van der Waals surface area contributed by atoms with Crippen LogP contribution in [0.25, 0.3) is 33.4 Å². The number of hydrogen-bond acceptors (Lipinski definition) is 17. The number of carbonyl (C=O) groups excluding carboxylic acids is 3. The van der Waals surface area contributed by atoms with E-state index in [1.54, 1.807) is 74.7 Å². The molecule has 9 aromatic rings. The summed E-state index contributed by atoms with van der Waals surface area (Å²) in [6.45, 7) is 26.8. The molecule has 0 bridgehead atoms. The van der Waals surface area contributed by atoms with Crippen molar-refractivity contribution in [3.63, 3.8) is 0 Å². The fourth-order valence-electron chi connectivity index (χ4n) is 11.4. The van der Waals surface area contributed by atoms with E-state index in [1.165, 1.54) is 102 Å². The Hall–Kier alpha value is -9.22. The molecule has 0 spiro atoms. The number of fused-ring (bicyclic) bond motifs is 5. The van der Waals surface area contributed by atoms with Gasteiger partial charge >= 0.3 is 54.5 Å². The Balaban J connectivity index is 0.000000182. The number of benzene rings is 5. The molecule has 29 heteroatoms. The van der Waals surface area contributed by atoms with Crippen LogP contribution in [0.1, 0.15) is 117 Å². The molecule has 10 heterocycles. The smallest absolute Gasteiger partial charge is 0.142 e. The van der Waals surface area contributed by atoms with E-state index in [9.17, 15) is 36.6 Å². The van der Waals surface area contributed by atoms with Gasteiger partial charge in [-0.2, -0.15) is 0 Å². The Bertz CT molecular complexity index is 4610. The molecule has 0 aliphatic carbocycles. The number of aromatic nitrogens is 4. The standard InChI is InChI=1S/C18H19FN2O2.C15H13FN2O.C13H16BrNO2.C13H11FN2.C8H8BrN.C6H14O2.C5H3BFN.C4H8O.C2H5B2O3/c1-18(2,3)23-17(22)21-7-6-13-8-12(4-5-16(13)21)14-9-15(19)11-20-10-14;1-10(19)18-5-4-12-6-11(2-3-15(12)18)13-7-14(16)9-17-8-13;1-13(2,3)17-12(16)15-7-6-9-8-10(14)4-5-11(9)15;14-12-6-11(7-15-8-12)9-1-2-13-10(5-9)3-4-16-13;9-7-1-2-8-6(5-7)3-4-10-8;1-5(2,7)6(3,4)8;6-4-1-5(7)3-8-2-4;1-2-4-5-3-1;1-3-7-6-2-4-5/h4-5,8-11H,6-7H2,1-3H3;2-3,6-9H,4-5H2,1H3;4-5,8H,6-7H2,1-3H3;1-2,5-8,16H,3-4H2;1-2,5,10H,3-4H2;7-8H,1-4H3;1-3H;1-4H2;2H2,1H3. The molecule has 3 radical (unpaired) electrons. The summed E-state index contributed by atoms with van der Waals surface area (Å²) in [7, 11) is 7.12. The molecule has 4 aromatic heterocycles. The fourth-order valence-corrected chi connectivity index (χ4v) is 12.2. The first kappa shape index (κ1) is 91.0. The predicted molar refractivity (Wildman–Crippen MR) is 445 cm³/mol. The molecule has 595 valence electrons. The van der Waals surface area contributed by atoms with Crippen LogP contribution >= 0.6 is 31.9 Å². The van der Waals surface area contributed by atoms with Crippen molar-refractivity contribution in [3.8, 4) is 33.4 Å². The van der Waals surface area contributed by atoms with Crippen molar-refractivity contribution in [2.24, 2.45) is 0 Å². The summed E-state index contributed by atoms with van der Waals surface area (Å²) in [6.07, 6.45) is 17.7. The molecular weight excluding hydrogens is 1580 g/mol. The number of hydrogen-bond donors (Lipinski definition) is 4. The molecule has 3 amide bonds. The average molecular weight is 1680 g/mol. The number of nitrogens with one attached hydrogen (secondary N) is 2. The second kappa shape index (κ2) is 43.3. The molecule has 1 saturated heterocycles. The number of pyridine rings is 4. The molecule has 15 rings (SSSR count). The Morgan fingerprint density at radius 2 is 0.858 bits per heavy atom. The van der Waals surface area contributed by atoms with Gasteiger partial charge in [0.15, 0.2) is 0 Å². The van der Waals surface area contributed by atoms with Crippen molar-refractivity contribution in [2.75, 3.05) is 77.8 Å². The summed E-state index contributed by atoms with van der Waals surface area (Å²) in [5, 5.41) is 24.8. The monoisotopic (exact) mass is 1670 g/mol. The van der Waals surface area contributed by atoms with Gasteiger partial charge in [0.25, 0.3) is 0 Å². The van der Waals surface area contributed by atoms with Crippen LogP contribution in [0.4, 0.5) is 55.6 Å². The average Bonchev–Trinajstić information content (AvgIpc) is 1.68. The number of carbonyl (C=O) groups is 3. The molecule has 6 aliphatic rings. The second-order valence-corrected chi connectivity index (χ2v) is 31.3. The largest absolute Gasteiger partial charge is 0.384 e. The Kier molecular flexibility index (Phi) is 34.9. The Labute approximate surface area is 679 Å². The fraction of sp³-hybridized carbons (Fsp3) is 0.369. The van der Waals surface area contributed by atoms with Crippen LogP contribution in [0.15, 0.2) is 174 Å². The number of aliphatic hydroxyl groups is 2. The zero-order valence-electron chi connectivity index (χ0n) is 65.9. The predicted octanol–water partition coefficient (Wildman–Crippen LogP) is 17.0. The third-order valence-corrected chi connectivity index (χ3v) is 18.5. The maximum absolute atomic E-state index is 13.3. The van der Waals surface area contributed by atoms with Gasteiger partial charge in [0.05, 0.1) is 47.4 Å². The number of rotatable bonds is 8. The molecule has 20 nitrogen and oxygen atoms in total. The van der Waals surface area contributed by atoms with Crippen molar-refractivity contribution in [2.45, 2.75) is 150 Å². The quantitative estimate of drug-likeness (QED) is 0.0363. The van der Waals surface area contributed by atoms with Gasteiger partial charge in [0.2, 0.25) is 5.91 Å². The van der Waals surface area contributed by atoms with Crippen LogP contribution in [0.2, 0.25) is 6.82 Å². The van der Waals surface area contributed by atoms with Crippen LogP contribution in [-0.4, -0.2) is 146 Å². The third-order valence-electron chi connectivity index (χ3n) is 17.6. The van der Waals surface area contributed by atoms with Gasteiger partial charge in [-0.25, -0.2) is 27.2 Å². The first-order valence-corrected chi connectivity index (χ1v) is 38.5. The van der Waals surface area contributed by atoms with E-state index in [2.05, 4.69) is 102 Å². The molecule has 5 aromatic carbocycles. The summed E-state index contributed by atoms with van der Waals surface area (Å²) in [6, 6.07) is 35.7. The normalized spacial score (nSPS) is 13.6. The minimum absolute atomic E-state index is 0.00958. The number of ether oxygens (including phenoxy) is 3. The molecule has 6 aliphatic heterocycles. The molecular formula is C84H97B3Br2F4N9O11. The van der Waals surface area contributed by atoms with Gasteiger partial charge in [-0.05, 0) is 256 Å². The third kappa shape index (κ3) is 29.9. The maximum atomic E-state index is 13.3. The van der Waals surface area contributed by atoms with Crippen molar-refractivity contribution < 1.29 is 70.8 Å². The van der Waals surface area contributed by atoms with Gasteiger partial charge in [-0.3, -0.25) is 34.5 Å². The van der Waals surface area contributed by atoms with Crippen molar-refractivity contribution in [3.05, 3.63) is 225 Å². The van der Waals surface area contributed by atoms with Crippen LogP contribution in [0, 0.1) is 23.3 Å². The molecule has 0 atom stereocenters. The van der Waals surface area contributed by atoms with Crippen LogP contribution in [-0.2, 0) is 65.5 Å². The SMILES string of the molecule is Brc1ccc2c(c1)CCN2.C1CCOC1.CC(=O)N1CCc2cc(-c3cncc(F)c3)ccc21.CC(C)(C)OC(=O)N1CCc2cc(-c3cncc(F)c3)ccc21.CC(C)(C)OC(=O)N1CCc2cc(Br)ccc21.CC(C)(O)C(C)(C)O.C[B]OOCB=O.Fc1cncc(-c2ccc3c(c2)CCN3)c1.[B]c1cncc(F)c1. The summed E-state index contributed by atoms with van der Waals surface area (Å²) in [5.74, 6) is -1.35. The molecule has 1 fully saturated rings. The zero-order valence-corrected chi connectivity index (χ0v) is 69.1. The first-order chi connectivity index (χ1) is 53.5. The van der Waals surface area contributed by atoms with E-state index >= 15 is 0 Å². The number of nitrogens with zero attached hydrogens (tertiary/aromatic N) is 7.